The Balaban J connectivity index is 1.49. The van der Waals surface area contributed by atoms with Crippen LogP contribution in [0.3, 0.4) is 0 Å². The number of benzene rings is 1. The SMILES string of the molecule is O=C(c1ccn(C2CCCNC2)n1)N1CCc2ccc(Cl)cc2C1. The van der Waals surface area contributed by atoms with E-state index in [0.29, 0.717) is 18.3 Å². The molecule has 2 aliphatic heterocycles. The average Bonchev–Trinajstić information content (AvgIpc) is 3.11. The van der Waals surface area contributed by atoms with Crippen molar-refractivity contribution >= 4 is 17.5 Å². The van der Waals surface area contributed by atoms with Gasteiger partial charge in [0.25, 0.3) is 5.91 Å². The van der Waals surface area contributed by atoms with E-state index in [2.05, 4.69) is 16.5 Å². The van der Waals surface area contributed by atoms with Crippen LogP contribution < -0.4 is 5.32 Å². The van der Waals surface area contributed by atoms with E-state index in [1.807, 2.05) is 34.0 Å². The van der Waals surface area contributed by atoms with E-state index < -0.39 is 0 Å². The van der Waals surface area contributed by atoms with Crippen LogP contribution in [0.2, 0.25) is 5.02 Å². The number of nitrogens with one attached hydrogen (secondary N) is 1. The maximum Gasteiger partial charge on any atom is 0.274 e. The molecule has 2 aromatic rings. The Morgan fingerprint density at radius 1 is 1.29 bits per heavy atom. The van der Waals surface area contributed by atoms with Crippen LogP contribution in [-0.4, -0.2) is 40.2 Å². The number of carbonyl (C=O) groups excluding carboxylic acids is 1. The number of rotatable bonds is 2. The van der Waals surface area contributed by atoms with E-state index in [1.165, 1.54) is 5.56 Å². The number of piperidine rings is 1. The zero-order valence-corrected chi connectivity index (χ0v) is 14.3. The van der Waals surface area contributed by atoms with Crippen molar-refractivity contribution in [3.8, 4) is 0 Å². The van der Waals surface area contributed by atoms with Crippen LogP contribution in [0.5, 0.6) is 0 Å². The molecule has 1 saturated heterocycles. The van der Waals surface area contributed by atoms with Crippen molar-refractivity contribution in [3.63, 3.8) is 0 Å². The fourth-order valence-electron chi connectivity index (χ4n) is 3.58. The Kier molecular flexibility index (Phi) is 4.29. The molecule has 1 unspecified atom stereocenters. The standard InChI is InChI=1S/C18H21ClN4O/c19-15-4-3-13-5-8-22(12-14(13)10-15)18(24)17-6-9-23(21-17)16-2-1-7-20-11-16/h3-4,6,9-10,16,20H,1-2,5,7-8,11-12H2. The molecule has 0 bridgehead atoms. The lowest BCUT2D eigenvalue weighted by atomic mass is 10.00. The summed E-state index contributed by atoms with van der Waals surface area (Å²) in [6.45, 7) is 3.32. The molecule has 126 valence electrons. The highest BCUT2D eigenvalue weighted by Gasteiger charge is 2.24. The number of nitrogens with zero attached hydrogens (tertiary/aromatic N) is 3. The highest BCUT2D eigenvalue weighted by atomic mass is 35.5. The van der Waals surface area contributed by atoms with Gasteiger partial charge in [0.2, 0.25) is 0 Å². The maximum atomic E-state index is 12.8. The van der Waals surface area contributed by atoms with Crippen molar-refractivity contribution in [3.05, 3.63) is 52.3 Å². The van der Waals surface area contributed by atoms with Gasteiger partial charge in [0.05, 0.1) is 6.04 Å². The second-order valence-electron chi connectivity index (χ2n) is 6.57. The van der Waals surface area contributed by atoms with E-state index in [1.54, 1.807) is 0 Å². The minimum atomic E-state index is 0.00291. The van der Waals surface area contributed by atoms with Gasteiger partial charge in [-0.15, -0.1) is 0 Å². The molecule has 24 heavy (non-hydrogen) atoms. The molecule has 1 amide bonds. The first-order chi connectivity index (χ1) is 11.7. The number of amides is 1. The van der Waals surface area contributed by atoms with E-state index in [9.17, 15) is 4.79 Å². The second kappa shape index (κ2) is 6.57. The molecule has 1 aromatic carbocycles. The lowest BCUT2D eigenvalue weighted by molar-refractivity contribution is 0.0727. The van der Waals surface area contributed by atoms with Crippen molar-refractivity contribution < 1.29 is 4.79 Å². The lowest BCUT2D eigenvalue weighted by Gasteiger charge is -2.28. The Hall–Kier alpha value is -1.85. The third-order valence-corrected chi connectivity index (χ3v) is 5.18. The maximum absolute atomic E-state index is 12.8. The van der Waals surface area contributed by atoms with Gasteiger partial charge in [-0.05, 0) is 55.1 Å². The quantitative estimate of drug-likeness (QED) is 0.911. The summed E-state index contributed by atoms with van der Waals surface area (Å²) < 4.78 is 1.94. The fraction of sp³-hybridized carbons (Fsp3) is 0.444. The smallest absolute Gasteiger partial charge is 0.274 e. The van der Waals surface area contributed by atoms with Crippen LogP contribution in [0.1, 0.15) is 40.5 Å². The van der Waals surface area contributed by atoms with Gasteiger partial charge in [-0.2, -0.15) is 5.10 Å². The van der Waals surface area contributed by atoms with Crippen LogP contribution in [0.4, 0.5) is 0 Å². The number of carbonyl (C=O) groups is 1. The van der Waals surface area contributed by atoms with Gasteiger partial charge in [0.15, 0.2) is 0 Å². The molecule has 1 atom stereocenters. The molecule has 0 aliphatic carbocycles. The number of halogens is 1. The highest BCUT2D eigenvalue weighted by molar-refractivity contribution is 6.30. The van der Waals surface area contributed by atoms with Gasteiger partial charge < -0.3 is 10.2 Å². The Morgan fingerprint density at radius 2 is 2.21 bits per heavy atom. The van der Waals surface area contributed by atoms with Crippen LogP contribution >= 0.6 is 11.6 Å². The third kappa shape index (κ3) is 3.06. The predicted octanol–water partition coefficient (Wildman–Crippen LogP) is 2.66. The molecule has 0 radical (unpaired) electrons. The molecule has 2 aliphatic rings. The molecular formula is C18H21ClN4O. The summed E-state index contributed by atoms with van der Waals surface area (Å²) >= 11 is 6.09. The summed E-state index contributed by atoms with van der Waals surface area (Å²) in [5, 5.41) is 8.64. The minimum Gasteiger partial charge on any atom is -0.333 e. The van der Waals surface area contributed by atoms with Gasteiger partial charge in [0.1, 0.15) is 5.69 Å². The molecule has 5 nitrogen and oxygen atoms in total. The van der Waals surface area contributed by atoms with Crippen LogP contribution in [0.25, 0.3) is 0 Å². The average molecular weight is 345 g/mol. The number of hydrogen-bond donors (Lipinski definition) is 1. The minimum absolute atomic E-state index is 0.00291. The molecule has 1 N–H and O–H groups in total. The molecular weight excluding hydrogens is 324 g/mol. The summed E-state index contributed by atoms with van der Waals surface area (Å²) in [6, 6.07) is 8.12. The van der Waals surface area contributed by atoms with Crippen molar-refractivity contribution in [1.82, 2.24) is 20.0 Å². The first-order valence-corrected chi connectivity index (χ1v) is 8.91. The first kappa shape index (κ1) is 15.7. The molecule has 1 fully saturated rings. The summed E-state index contributed by atoms with van der Waals surface area (Å²) in [5.41, 5.74) is 2.95. The summed E-state index contributed by atoms with van der Waals surface area (Å²) in [7, 11) is 0. The van der Waals surface area contributed by atoms with E-state index >= 15 is 0 Å². The second-order valence-corrected chi connectivity index (χ2v) is 7.01. The Bertz CT molecular complexity index is 751. The normalized spacial score (nSPS) is 20.7. The summed E-state index contributed by atoms with van der Waals surface area (Å²) in [5.74, 6) is 0.00291. The van der Waals surface area contributed by atoms with Crippen LogP contribution in [0.15, 0.2) is 30.5 Å². The predicted molar refractivity (Wildman–Crippen MR) is 93.3 cm³/mol. The molecule has 6 heteroatoms. The van der Waals surface area contributed by atoms with E-state index in [4.69, 9.17) is 11.6 Å². The summed E-state index contributed by atoms with van der Waals surface area (Å²) in [4.78, 5) is 14.7. The monoisotopic (exact) mass is 344 g/mol. The van der Waals surface area contributed by atoms with Crippen LogP contribution in [-0.2, 0) is 13.0 Å². The fourth-order valence-corrected chi connectivity index (χ4v) is 3.77. The molecule has 3 heterocycles. The summed E-state index contributed by atoms with van der Waals surface area (Å²) in [6.07, 6.45) is 5.06. The van der Waals surface area contributed by atoms with Crippen molar-refractivity contribution in [1.29, 1.82) is 0 Å². The van der Waals surface area contributed by atoms with Gasteiger partial charge in [-0.3, -0.25) is 9.48 Å². The van der Waals surface area contributed by atoms with Gasteiger partial charge in [0, 0.05) is 30.9 Å². The third-order valence-electron chi connectivity index (χ3n) is 4.94. The highest BCUT2D eigenvalue weighted by Crippen LogP contribution is 2.24. The molecule has 1 aromatic heterocycles. The number of aromatic nitrogens is 2. The largest absolute Gasteiger partial charge is 0.333 e. The molecule has 0 spiro atoms. The van der Waals surface area contributed by atoms with Crippen molar-refractivity contribution in [2.75, 3.05) is 19.6 Å². The molecule has 0 saturated carbocycles. The van der Waals surface area contributed by atoms with Gasteiger partial charge in [-0.1, -0.05) is 17.7 Å². The topological polar surface area (TPSA) is 50.2 Å². The van der Waals surface area contributed by atoms with Crippen LogP contribution in [0, 0.1) is 0 Å². The number of fused-ring (bicyclic) bond motifs is 1. The van der Waals surface area contributed by atoms with Crippen molar-refractivity contribution in [2.24, 2.45) is 0 Å². The molecule has 4 rings (SSSR count). The zero-order chi connectivity index (χ0) is 16.5. The lowest BCUT2D eigenvalue weighted by Crippen LogP contribution is -2.36. The Morgan fingerprint density at radius 3 is 3.04 bits per heavy atom. The van der Waals surface area contributed by atoms with Gasteiger partial charge in [-0.25, -0.2) is 0 Å². The Labute approximate surface area is 146 Å². The first-order valence-electron chi connectivity index (χ1n) is 8.53. The van der Waals surface area contributed by atoms with E-state index in [0.717, 1.165) is 49.5 Å². The number of hydrogen-bond acceptors (Lipinski definition) is 3. The van der Waals surface area contributed by atoms with E-state index in [-0.39, 0.29) is 5.91 Å². The van der Waals surface area contributed by atoms with Gasteiger partial charge >= 0.3 is 0 Å². The zero-order valence-electron chi connectivity index (χ0n) is 13.5. The van der Waals surface area contributed by atoms with Crippen molar-refractivity contribution in [2.45, 2.75) is 31.8 Å².